The van der Waals surface area contributed by atoms with Crippen molar-refractivity contribution in [3.63, 3.8) is 0 Å². The monoisotopic (exact) mass is 639 g/mol. The number of hydrogen-bond acceptors (Lipinski definition) is 11. The minimum Gasteiger partial charge on any atom is -0.394 e. The first-order chi connectivity index (χ1) is 15.5. The number of hydrogen-bond donors (Lipinski definition) is 13. The minimum atomic E-state index is -4.64. The molecule has 1 aliphatic heterocycles. The summed E-state index contributed by atoms with van der Waals surface area (Å²) in [6, 6.07) is 0. The summed E-state index contributed by atoms with van der Waals surface area (Å²) in [5, 5.41) is 29.0. The van der Waals surface area contributed by atoms with Crippen molar-refractivity contribution in [2.75, 3.05) is 12.3 Å². The van der Waals surface area contributed by atoms with Crippen molar-refractivity contribution in [3.05, 3.63) is 11.1 Å². The third kappa shape index (κ3) is 14.4. The maximum atomic E-state index is 10.1. The van der Waals surface area contributed by atoms with Crippen LogP contribution in [0.25, 0.3) is 11.2 Å². The second-order valence-corrected chi connectivity index (χ2v) is 9.74. The van der Waals surface area contributed by atoms with E-state index in [0.29, 0.717) is 15.9 Å². The van der Waals surface area contributed by atoms with Crippen molar-refractivity contribution in [1.82, 2.24) is 19.5 Å². The standard InChI is InChI=1S/C10H12BrN5O4.3H3O4P/c11-10-15-4-7(12)13-2-14-8(4)16(10)9-6(19)5(18)3(1-17)20-9;3*1-5(2,3)4/h2-3,5-6,9,17-19H,1H2,(H2,12,13,14);3*(H3,1,2,3,4)/t3-,5-,6-,9-;;;/m1.../s1. The molecular weight excluding hydrogens is 619 g/mol. The summed E-state index contributed by atoms with van der Waals surface area (Å²) >= 11 is 3.24. The van der Waals surface area contributed by atoms with Crippen LogP contribution in [0.15, 0.2) is 11.1 Å². The average Bonchev–Trinajstić information content (AvgIpc) is 3.08. The van der Waals surface area contributed by atoms with Crippen LogP contribution >= 0.6 is 39.4 Å². The molecule has 0 aliphatic carbocycles. The first-order valence-corrected chi connectivity index (χ1v) is 13.6. The zero-order valence-electron chi connectivity index (χ0n) is 16.7. The highest BCUT2D eigenvalue weighted by Gasteiger charge is 2.44. The highest BCUT2D eigenvalue weighted by atomic mass is 79.9. The van der Waals surface area contributed by atoms with Gasteiger partial charge in [0.1, 0.15) is 24.6 Å². The van der Waals surface area contributed by atoms with Gasteiger partial charge in [0, 0.05) is 0 Å². The number of fused-ring (bicyclic) bond motifs is 1. The molecule has 25 heteroatoms. The van der Waals surface area contributed by atoms with Gasteiger partial charge in [-0.1, -0.05) is 0 Å². The van der Waals surface area contributed by atoms with E-state index in [-0.39, 0.29) is 5.82 Å². The number of ether oxygens (including phenoxy) is 1. The van der Waals surface area contributed by atoms with E-state index in [2.05, 4.69) is 30.9 Å². The van der Waals surface area contributed by atoms with Gasteiger partial charge in [0.2, 0.25) is 0 Å². The van der Waals surface area contributed by atoms with Crippen LogP contribution < -0.4 is 5.73 Å². The van der Waals surface area contributed by atoms with E-state index in [0.717, 1.165) is 0 Å². The average molecular weight is 640 g/mol. The van der Waals surface area contributed by atoms with Gasteiger partial charge in [0.05, 0.1) is 6.61 Å². The van der Waals surface area contributed by atoms with Crippen molar-refractivity contribution in [1.29, 1.82) is 0 Å². The Morgan fingerprint density at radius 3 is 1.71 bits per heavy atom. The maximum absolute atomic E-state index is 10.1. The van der Waals surface area contributed by atoms with E-state index in [1.165, 1.54) is 10.9 Å². The van der Waals surface area contributed by atoms with E-state index in [1.54, 1.807) is 0 Å². The molecule has 35 heavy (non-hydrogen) atoms. The number of aromatic nitrogens is 4. The molecule has 0 bridgehead atoms. The van der Waals surface area contributed by atoms with E-state index >= 15 is 0 Å². The van der Waals surface area contributed by atoms with Crippen molar-refractivity contribution in [3.8, 4) is 0 Å². The van der Waals surface area contributed by atoms with Crippen LogP contribution in [-0.2, 0) is 18.4 Å². The Morgan fingerprint density at radius 2 is 1.34 bits per heavy atom. The van der Waals surface area contributed by atoms with Gasteiger partial charge in [0.25, 0.3) is 0 Å². The fraction of sp³-hybridized carbons (Fsp3) is 0.500. The van der Waals surface area contributed by atoms with Crippen LogP contribution in [0.3, 0.4) is 0 Å². The van der Waals surface area contributed by atoms with Gasteiger partial charge in [-0.05, 0) is 15.9 Å². The molecular formula is C10H21BrN5O16P3. The Morgan fingerprint density at radius 1 is 0.914 bits per heavy atom. The number of rotatable bonds is 2. The number of nitrogen functional groups attached to an aromatic ring is 1. The highest BCUT2D eigenvalue weighted by Crippen LogP contribution is 2.34. The van der Waals surface area contributed by atoms with Gasteiger partial charge >= 0.3 is 23.5 Å². The summed E-state index contributed by atoms with van der Waals surface area (Å²) in [6.45, 7) is -0.407. The SMILES string of the molecule is Nc1ncnc2c1nc(Br)n2[C@@H]1O[C@H](CO)[C@@H](O)[C@H]1O.O=P(O)(O)O.O=P(O)(O)O.O=P(O)(O)O. The number of halogens is 1. The lowest BCUT2D eigenvalue weighted by Crippen LogP contribution is -2.33. The third-order valence-corrected chi connectivity index (χ3v) is 3.79. The van der Waals surface area contributed by atoms with Gasteiger partial charge in [-0.3, -0.25) is 4.57 Å². The molecule has 0 saturated carbocycles. The molecule has 0 radical (unpaired) electrons. The molecule has 4 atom stereocenters. The minimum absolute atomic E-state index is 0.196. The Balaban J connectivity index is 0.000000635. The molecule has 204 valence electrons. The molecule has 0 aromatic carbocycles. The molecule has 14 N–H and O–H groups in total. The lowest BCUT2D eigenvalue weighted by atomic mass is 10.1. The lowest BCUT2D eigenvalue weighted by molar-refractivity contribution is -0.0521. The summed E-state index contributed by atoms with van der Waals surface area (Å²) in [4.78, 5) is 76.7. The van der Waals surface area contributed by atoms with Crippen LogP contribution in [-0.4, -0.2) is 104 Å². The topological polar surface area (TPSA) is 373 Å². The highest BCUT2D eigenvalue weighted by molar-refractivity contribution is 9.10. The third-order valence-electron chi connectivity index (χ3n) is 3.23. The van der Waals surface area contributed by atoms with Crippen LogP contribution in [0.5, 0.6) is 0 Å². The number of phosphoric acid groups is 3. The zero-order valence-corrected chi connectivity index (χ0v) is 20.9. The lowest BCUT2D eigenvalue weighted by Gasteiger charge is -2.17. The summed E-state index contributed by atoms with van der Waals surface area (Å²) in [6.07, 6.45) is -2.97. The van der Waals surface area contributed by atoms with Gasteiger partial charge in [-0.2, -0.15) is 0 Å². The molecule has 1 aliphatic rings. The Bertz CT molecular complexity index is 1030. The number of nitrogens with zero attached hydrogens (tertiary/aromatic N) is 4. The Hall–Kier alpha value is -1.00. The van der Waals surface area contributed by atoms with E-state index < -0.39 is 54.6 Å². The number of nitrogens with two attached hydrogens (primary N) is 1. The molecule has 21 nitrogen and oxygen atoms in total. The van der Waals surface area contributed by atoms with Crippen molar-refractivity contribution in [2.24, 2.45) is 0 Å². The smallest absolute Gasteiger partial charge is 0.394 e. The summed E-state index contributed by atoms with van der Waals surface area (Å²) in [7, 11) is -13.9. The second-order valence-electron chi connectivity index (χ2n) is 5.95. The normalized spacial score (nSPS) is 22.3. The number of anilines is 1. The predicted molar refractivity (Wildman–Crippen MR) is 113 cm³/mol. The van der Waals surface area contributed by atoms with Crippen molar-refractivity contribution in [2.45, 2.75) is 24.5 Å². The van der Waals surface area contributed by atoms with Gasteiger partial charge < -0.3 is 69.8 Å². The predicted octanol–water partition coefficient (Wildman–Crippen LogP) is -4.00. The van der Waals surface area contributed by atoms with Gasteiger partial charge in [-0.15, -0.1) is 0 Å². The van der Waals surface area contributed by atoms with Crippen LogP contribution in [0.1, 0.15) is 6.23 Å². The second kappa shape index (κ2) is 13.5. The first kappa shape index (κ1) is 34.0. The Kier molecular flexibility index (Phi) is 13.1. The quantitative estimate of drug-likeness (QED) is 0.110. The van der Waals surface area contributed by atoms with Crippen LogP contribution in [0.4, 0.5) is 5.82 Å². The fourth-order valence-corrected chi connectivity index (χ4v) is 2.77. The molecule has 1 fully saturated rings. The van der Waals surface area contributed by atoms with Gasteiger partial charge in [0.15, 0.2) is 27.9 Å². The number of aliphatic hydroxyl groups excluding tert-OH is 3. The maximum Gasteiger partial charge on any atom is 0.466 e. The van der Waals surface area contributed by atoms with E-state index in [1.807, 2.05) is 0 Å². The zero-order chi connectivity index (χ0) is 27.9. The number of imidazole rings is 1. The molecule has 0 spiro atoms. The molecule has 2 aromatic heterocycles. The van der Waals surface area contributed by atoms with Crippen LogP contribution in [0.2, 0.25) is 0 Å². The summed E-state index contributed by atoms with van der Waals surface area (Å²) in [5.74, 6) is 0.196. The van der Waals surface area contributed by atoms with E-state index in [4.69, 9.17) is 73.3 Å². The van der Waals surface area contributed by atoms with Crippen molar-refractivity contribution >= 4 is 56.4 Å². The fourth-order valence-electron chi connectivity index (χ4n) is 2.22. The largest absolute Gasteiger partial charge is 0.466 e. The van der Waals surface area contributed by atoms with E-state index in [9.17, 15) is 10.2 Å². The molecule has 3 rings (SSSR count). The molecule has 0 amide bonds. The molecule has 2 aromatic rings. The molecule has 1 saturated heterocycles. The van der Waals surface area contributed by atoms with Crippen molar-refractivity contribution < 1.29 is 77.8 Å². The van der Waals surface area contributed by atoms with Gasteiger partial charge in [-0.25, -0.2) is 28.6 Å². The molecule has 3 heterocycles. The first-order valence-electron chi connectivity index (χ1n) is 8.15. The summed E-state index contributed by atoms with van der Waals surface area (Å²) < 4.78 is 33.9. The molecule has 0 unspecified atom stereocenters. The summed E-state index contributed by atoms with van der Waals surface area (Å²) in [5.41, 5.74) is 6.43. The van der Waals surface area contributed by atoms with Crippen LogP contribution in [0, 0.1) is 0 Å². The number of aliphatic hydroxyl groups is 3. The Labute approximate surface area is 202 Å².